The van der Waals surface area contributed by atoms with Crippen molar-refractivity contribution >= 4 is 22.6 Å². The highest BCUT2D eigenvalue weighted by atomic mass is 35.5. The van der Waals surface area contributed by atoms with E-state index in [1.165, 1.54) is 32.1 Å². The summed E-state index contributed by atoms with van der Waals surface area (Å²) in [7, 11) is 0. The zero-order chi connectivity index (χ0) is 13.1. The molecule has 0 unspecified atom stereocenters. The van der Waals surface area contributed by atoms with Crippen LogP contribution in [-0.2, 0) is 6.54 Å². The second kappa shape index (κ2) is 5.98. The van der Waals surface area contributed by atoms with Crippen molar-refractivity contribution in [1.29, 1.82) is 0 Å². The third kappa shape index (κ3) is 2.96. The summed E-state index contributed by atoms with van der Waals surface area (Å²) in [6.07, 6.45) is 6.93. The molecule has 3 rings (SSSR count). The molecule has 2 aromatic rings. The Balaban J connectivity index is 1.63. The van der Waals surface area contributed by atoms with Crippen molar-refractivity contribution in [2.45, 2.75) is 38.6 Å². The molecule has 2 nitrogen and oxygen atoms in total. The lowest BCUT2D eigenvalue weighted by molar-refractivity contribution is 0.342. The largest absolute Gasteiger partial charge is 0.444 e. The molecule has 0 atom stereocenters. The molecule has 0 saturated heterocycles. The van der Waals surface area contributed by atoms with Gasteiger partial charge in [-0.15, -0.1) is 0 Å². The van der Waals surface area contributed by atoms with Crippen LogP contribution in [0.2, 0.25) is 5.22 Å². The van der Waals surface area contributed by atoms with E-state index < -0.39 is 0 Å². The van der Waals surface area contributed by atoms with Crippen LogP contribution < -0.4 is 5.32 Å². The first-order valence-electron chi connectivity index (χ1n) is 7.21. The average molecular weight is 278 g/mol. The van der Waals surface area contributed by atoms with E-state index in [4.69, 9.17) is 16.0 Å². The minimum absolute atomic E-state index is 0.525. The van der Waals surface area contributed by atoms with Gasteiger partial charge in [-0.25, -0.2) is 0 Å². The highest BCUT2D eigenvalue weighted by Gasteiger charge is 2.15. The number of para-hydroxylation sites is 1. The fourth-order valence-electron chi connectivity index (χ4n) is 3.03. The van der Waals surface area contributed by atoms with Gasteiger partial charge >= 0.3 is 0 Å². The van der Waals surface area contributed by atoms with Crippen LogP contribution in [0.15, 0.2) is 28.7 Å². The first-order chi connectivity index (χ1) is 9.34. The molecule has 1 heterocycles. The molecule has 1 saturated carbocycles. The fourth-order valence-corrected chi connectivity index (χ4v) is 3.28. The summed E-state index contributed by atoms with van der Waals surface area (Å²) in [5.74, 6) is 0.839. The van der Waals surface area contributed by atoms with E-state index in [0.717, 1.165) is 35.5 Å². The molecule has 1 fully saturated rings. The van der Waals surface area contributed by atoms with E-state index in [0.29, 0.717) is 5.22 Å². The Morgan fingerprint density at radius 2 is 1.95 bits per heavy atom. The van der Waals surface area contributed by atoms with Gasteiger partial charge in [0, 0.05) is 17.5 Å². The Morgan fingerprint density at radius 3 is 2.79 bits per heavy atom. The van der Waals surface area contributed by atoms with E-state index in [1.54, 1.807) is 0 Å². The van der Waals surface area contributed by atoms with Crippen molar-refractivity contribution in [3.05, 3.63) is 35.0 Å². The molecule has 3 heteroatoms. The van der Waals surface area contributed by atoms with Gasteiger partial charge in [0.05, 0.1) is 0 Å². The summed E-state index contributed by atoms with van der Waals surface area (Å²) < 4.78 is 5.57. The molecule has 0 bridgehead atoms. The molecule has 19 heavy (non-hydrogen) atoms. The number of hydrogen-bond acceptors (Lipinski definition) is 2. The molecular formula is C16H20ClNO. The second-order valence-electron chi connectivity index (χ2n) is 5.49. The van der Waals surface area contributed by atoms with Gasteiger partial charge in [-0.2, -0.15) is 0 Å². The molecule has 0 radical (unpaired) electrons. The van der Waals surface area contributed by atoms with Gasteiger partial charge in [-0.3, -0.25) is 0 Å². The second-order valence-corrected chi connectivity index (χ2v) is 5.83. The van der Waals surface area contributed by atoms with Crippen LogP contribution in [0.3, 0.4) is 0 Å². The van der Waals surface area contributed by atoms with Gasteiger partial charge in [0.2, 0.25) is 0 Å². The normalized spacial score (nSPS) is 17.1. The molecule has 1 aliphatic rings. The number of halogens is 1. The maximum atomic E-state index is 6.18. The average Bonchev–Trinajstić information content (AvgIpc) is 2.76. The molecule has 1 aliphatic carbocycles. The number of hydrogen-bond donors (Lipinski definition) is 1. The lowest BCUT2D eigenvalue weighted by Crippen LogP contribution is -2.24. The first kappa shape index (κ1) is 13.0. The van der Waals surface area contributed by atoms with Crippen molar-refractivity contribution in [3.8, 4) is 0 Å². The number of nitrogens with one attached hydrogen (secondary N) is 1. The predicted octanol–water partition coefficient (Wildman–Crippen LogP) is 4.76. The maximum absolute atomic E-state index is 6.18. The fraction of sp³-hybridized carbons (Fsp3) is 0.500. The highest BCUT2D eigenvalue weighted by molar-refractivity contribution is 6.30. The van der Waals surface area contributed by atoms with Crippen LogP contribution in [0.1, 0.15) is 37.7 Å². The zero-order valence-electron chi connectivity index (χ0n) is 11.1. The maximum Gasteiger partial charge on any atom is 0.199 e. The molecule has 0 aliphatic heterocycles. The van der Waals surface area contributed by atoms with Gasteiger partial charge in [0.25, 0.3) is 0 Å². The Bertz CT molecular complexity index is 543. The number of benzene rings is 1. The standard InChI is InChI=1S/C16H20ClNO/c17-16-14(13-8-4-5-9-15(13)19-16)11-18-10-12-6-2-1-3-7-12/h4-5,8-9,12,18H,1-3,6-7,10-11H2. The van der Waals surface area contributed by atoms with Gasteiger partial charge in [-0.1, -0.05) is 37.5 Å². The van der Waals surface area contributed by atoms with Crippen molar-refractivity contribution in [1.82, 2.24) is 5.32 Å². The summed E-state index contributed by atoms with van der Waals surface area (Å²) in [5.41, 5.74) is 1.97. The minimum atomic E-state index is 0.525. The predicted molar refractivity (Wildman–Crippen MR) is 79.5 cm³/mol. The number of rotatable bonds is 4. The van der Waals surface area contributed by atoms with Gasteiger partial charge in [0.1, 0.15) is 5.58 Å². The van der Waals surface area contributed by atoms with Crippen molar-refractivity contribution in [2.24, 2.45) is 5.92 Å². The smallest absolute Gasteiger partial charge is 0.199 e. The van der Waals surface area contributed by atoms with Crippen LogP contribution in [0.4, 0.5) is 0 Å². The van der Waals surface area contributed by atoms with Crippen LogP contribution in [0.5, 0.6) is 0 Å². The highest BCUT2D eigenvalue weighted by Crippen LogP contribution is 2.29. The van der Waals surface area contributed by atoms with E-state index >= 15 is 0 Å². The third-order valence-electron chi connectivity index (χ3n) is 4.11. The van der Waals surface area contributed by atoms with E-state index in [-0.39, 0.29) is 0 Å². The summed E-state index contributed by atoms with van der Waals surface area (Å²) in [5, 5.41) is 5.20. The van der Waals surface area contributed by atoms with E-state index in [2.05, 4.69) is 11.4 Å². The molecule has 1 N–H and O–H groups in total. The summed E-state index contributed by atoms with van der Waals surface area (Å²) in [6, 6.07) is 8.04. The lowest BCUT2D eigenvalue weighted by atomic mass is 9.89. The van der Waals surface area contributed by atoms with Crippen LogP contribution in [-0.4, -0.2) is 6.54 Å². The molecule has 102 valence electrons. The van der Waals surface area contributed by atoms with E-state index in [1.807, 2.05) is 18.2 Å². The first-order valence-corrected chi connectivity index (χ1v) is 7.59. The minimum Gasteiger partial charge on any atom is -0.444 e. The lowest BCUT2D eigenvalue weighted by Gasteiger charge is -2.21. The quantitative estimate of drug-likeness (QED) is 0.872. The van der Waals surface area contributed by atoms with Crippen LogP contribution in [0.25, 0.3) is 11.0 Å². The summed E-state index contributed by atoms with van der Waals surface area (Å²) in [4.78, 5) is 0. The van der Waals surface area contributed by atoms with Gasteiger partial charge < -0.3 is 9.73 Å². The Kier molecular flexibility index (Phi) is 4.09. The third-order valence-corrected chi connectivity index (χ3v) is 4.41. The van der Waals surface area contributed by atoms with Gasteiger partial charge in [0.15, 0.2) is 5.22 Å². The van der Waals surface area contributed by atoms with Crippen LogP contribution in [0, 0.1) is 5.92 Å². The topological polar surface area (TPSA) is 25.2 Å². The number of furan rings is 1. The molecule has 0 spiro atoms. The van der Waals surface area contributed by atoms with Crippen molar-refractivity contribution in [2.75, 3.05) is 6.54 Å². The molecule has 1 aromatic heterocycles. The number of fused-ring (bicyclic) bond motifs is 1. The van der Waals surface area contributed by atoms with Gasteiger partial charge in [-0.05, 0) is 43.0 Å². The molecular weight excluding hydrogens is 258 g/mol. The molecule has 0 amide bonds. The summed E-state index contributed by atoms with van der Waals surface area (Å²) >= 11 is 6.18. The monoisotopic (exact) mass is 277 g/mol. The summed E-state index contributed by atoms with van der Waals surface area (Å²) in [6.45, 7) is 1.89. The van der Waals surface area contributed by atoms with Crippen LogP contribution >= 0.6 is 11.6 Å². The Hall–Kier alpha value is -0.990. The SMILES string of the molecule is Clc1oc2ccccc2c1CNCC1CCCCC1. The van der Waals surface area contributed by atoms with E-state index in [9.17, 15) is 0 Å². The zero-order valence-corrected chi connectivity index (χ0v) is 11.9. The Morgan fingerprint density at radius 1 is 1.16 bits per heavy atom. The van der Waals surface area contributed by atoms with Crippen molar-refractivity contribution < 1.29 is 4.42 Å². The Labute approximate surface area is 119 Å². The molecule has 1 aromatic carbocycles. The van der Waals surface area contributed by atoms with Crippen molar-refractivity contribution in [3.63, 3.8) is 0 Å².